The summed E-state index contributed by atoms with van der Waals surface area (Å²) < 4.78 is 10.9. The minimum Gasteiger partial charge on any atom is -0.506 e. The lowest BCUT2D eigenvalue weighted by Crippen LogP contribution is -3.16. The van der Waals surface area contributed by atoms with Crippen LogP contribution in [0.15, 0.2) is 48.5 Å². The van der Waals surface area contributed by atoms with Crippen LogP contribution < -0.4 is 24.6 Å². The van der Waals surface area contributed by atoms with E-state index < -0.39 is 0 Å². The SMILES string of the molecule is COc1ccccc1OCCNC(=O)C[NH+]1CCN(c2ccccc2O)CC1. The van der Waals surface area contributed by atoms with Gasteiger partial charge in [0, 0.05) is 0 Å². The van der Waals surface area contributed by atoms with Crippen molar-refractivity contribution in [3.05, 3.63) is 48.5 Å². The minimum atomic E-state index is 0.0228. The minimum absolute atomic E-state index is 0.0228. The van der Waals surface area contributed by atoms with Crippen LogP contribution in [0.4, 0.5) is 5.69 Å². The molecule has 1 aliphatic rings. The average Bonchev–Trinajstić information content (AvgIpc) is 2.72. The smallest absolute Gasteiger partial charge is 0.275 e. The molecule has 0 bridgehead atoms. The molecule has 0 saturated carbocycles. The zero-order valence-electron chi connectivity index (χ0n) is 16.2. The van der Waals surface area contributed by atoms with E-state index in [2.05, 4.69) is 10.2 Å². The van der Waals surface area contributed by atoms with Crippen molar-refractivity contribution in [3.8, 4) is 17.2 Å². The highest BCUT2D eigenvalue weighted by atomic mass is 16.5. The summed E-state index contributed by atoms with van der Waals surface area (Å²) in [5, 5.41) is 12.9. The van der Waals surface area contributed by atoms with Crippen LogP contribution in [0.1, 0.15) is 0 Å². The van der Waals surface area contributed by atoms with Crippen molar-refractivity contribution < 1.29 is 24.3 Å². The van der Waals surface area contributed by atoms with Gasteiger partial charge in [0.1, 0.15) is 12.4 Å². The first-order valence-corrected chi connectivity index (χ1v) is 9.56. The van der Waals surface area contributed by atoms with Gasteiger partial charge in [-0.2, -0.15) is 0 Å². The molecule has 3 N–H and O–H groups in total. The third-order valence-electron chi connectivity index (χ3n) is 4.85. The van der Waals surface area contributed by atoms with Gasteiger partial charge in [-0.15, -0.1) is 0 Å². The molecule has 1 amide bonds. The number of quaternary nitrogens is 1. The summed E-state index contributed by atoms with van der Waals surface area (Å²) in [6, 6.07) is 14.8. The number of phenols is 1. The molecule has 0 aliphatic carbocycles. The van der Waals surface area contributed by atoms with Crippen molar-refractivity contribution in [1.82, 2.24) is 5.32 Å². The predicted molar refractivity (Wildman–Crippen MR) is 107 cm³/mol. The summed E-state index contributed by atoms with van der Waals surface area (Å²) in [4.78, 5) is 15.6. The number of nitrogens with one attached hydrogen (secondary N) is 2. The molecule has 3 rings (SSSR count). The van der Waals surface area contributed by atoms with E-state index in [-0.39, 0.29) is 5.91 Å². The number of hydrogen-bond acceptors (Lipinski definition) is 5. The number of nitrogens with zero attached hydrogens (tertiary/aromatic N) is 1. The number of carbonyl (C=O) groups excluding carboxylic acids is 1. The van der Waals surface area contributed by atoms with Gasteiger partial charge >= 0.3 is 0 Å². The van der Waals surface area contributed by atoms with Gasteiger partial charge in [-0.25, -0.2) is 0 Å². The number of phenolic OH excluding ortho intramolecular Hbond substituents is 1. The van der Waals surface area contributed by atoms with Gasteiger partial charge in [0.2, 0.25) is 0 Å². The van der Waals surface area contributed by atoms with Crippen LogP contribution in [0.25, 0.3) is 0 Å². The molecule has 2 aromatic rings. The number of ether oxygens (including phenoxy) is 2. The number of piperazine rings is 1. The highest BCUT2D eigenvalue weighted by molar-refractivity contribution is 5.76. The zero-order valence-corrected chi connectivity index (χ0v) is 16.2. The number of para-hydroxylation sites is 4. The number of carbonyl (C=O) groups is 1. The van der Waals surface area contributed by atoms with E-state index in [4.69, 9.17) is 9.47 Å². The number of anilines is 1. The Kier molecular flexibility index (Phi) is 6.97. The molecule has 28 heavy (non-hydrogen) atoms. The lowest BCUT2D eigenvalue weighted by molar-refractivity contribution is -0.892. The van der Waals surface area contributed by atoms with Crippen LogP contribution in [0.5, 0.6) is 17.2 Å². The van der Waals surface area contributed by atoms with Gasteiger partial charge < -0.3 is 29.7 Å². The summed E-state index contributed by atoms with van der Waals surface area (Å²) >= 11 is 0. The molecule has 1 heterocycles. The number of amides is 1. The Morgan fingerprint density at radius 3 is 2.50 bits per heavy atom. The maximum Gasteiger partial charge on any atom is 0.275 e. The van der Waals surface area contributed by atoms with Crippen molar-refractivity contribution >= 4 is 11.6 Å². The lowest BCUT2D eigenvalue weighted by atomic mass is 10.2. The second kappa shape index (κ2) is 9.85. The van der Waals surface area contributed by atoms with Gasteiger partial charge in [0.25, 0.3) is 5.91 Å². The number of methoxy groups -OCH3 is 1. The normalized spacial score (nSPS) is 14.5. The van der Waals surface area contributed by atoms with Crippen molar-refractivity contribution in [1.29, 1.82) is 0 Å². The van der Waals surface area contributed by atoms with Gasteiger partial charge in [-0.05, 0) is 24.3 Å². The average molecular weight is 386 g/mol. The molecule has 2 aromatic carbocycles. The molecule has 1 aliphatic heterocycles. The first-order valence-electron chi connectivity index (χ1n) is 9.56. The monoisotopic (exact) mass is 386 g/mol. The highest BCUT2D eigenvalue weighted by Gasteiger charge is 2.23. The molecule has 0 unspecified atom stereocenters. The van der Waals surface area contributed by atoms with Crippen molar-refractivity contribution in [3.63, 3.8) is 0 Å². The maximum atomic E-state index is 12.2. The third kappa shape index (κ3) is 5.29. The second-order valence-corrected chi connectivity index (χ2v) is 6.75. The molecule has 1 fully saturated rings. The molecule has 0 aromatic heterocycles. The van der Waals surface area contributed by atoms with Gasteiger partial charge in [0.05, 0.1) is 45.5 Å². The van der Waals surface area contributed by atoms with Crippen LogP contribution in [0.2, 0.25) is 0 Å². The predicted octanol–water partition coefficient (Wildman–Crippen LogP) is 0.301. The van der Waals surface area contributed by atoms with E-state index >= 15 is 0 Å². The fraction of sp³-hybridized carbons (Fsp3) is 0.381. The topological polar surface area (TPSA) is 75.5 Å². The molecule has 0 radical (unpaired) electrons. The fourth-order valence-electron chi connectivity index (χ4n) is 3.35. The fourth-order valence-corrected chi connectivity index (χ4v) is 3.35. The summed E-state index contributed by atoms with van der Waals surface area (Å²) in [6.07, 6.45) is 0. The number of rotatable bonds is 8. The Labute approximate surface area is 165 Å². The molecule has 0 atom stereocenters. The first-order chi connectivity index (χ1) is 13.7. The number of benzene rings is 2. The van der Waals surface area contributed by atoms with E-state index in [0.717, 1.165) is 31.9 Å². The summed E-state index contributed by atoms with van der Waals surface area (Å²) in [5.74, 6) is 1.68. The summed E-state index contributed by atoms with van der Waals surface area (Å²) in [6.45, 7) is 4.65. The van der Waals surface area contributed by atoms with Crippen molar-refractivity contribution in [2.45, 2.75) is 0 Å². The molecule has 150 valence electrons. The van der Waals surface area contributed by atoms with Crippen LogP contribution in [-0.4, -0.2) is 64.0 Å². The lowest BCUT2D eigenvalue weighted by Gasteiger charge is -2.33. The molecular weight excluding hydrogens is 358 g/mol. The third-order valence-corrected chi connectivity index (χ3v) is 4.85. The summed E-state index contributed by atoms with van der Waals surface area (Å²) in [7, 11) is 1.60. The molecule has 1 saturated heterocycles. The first kappa shape index (κ1) is 19.8. The second-order valence-electron chi connectivity index (χ2n) is 6.75. The standard InChI is InChI=1S/C21H27N3O4/c1-27-19-8-4-5-9-20(19)28-15-10-22-21(26)16-23-11-13-24(14-12-23)17-6-2-3-7-18(17)25/h2-9,25H,10-16H2,1H3,(H,22,26)/p+1. The maximum absolute atomic E-state index is 12.2. The molecular formula is C21H28N3O4+. The number of aromatic hydroxyl groups is 1. The van der Waals surface area contributed by atoms with E-state index in [0.29, 0.717) is 36.9 Å². The Morgan fingerprint density at radius 2 is 1.79 bits per heavy atom. The van der Waals surface area contributed by atoms with Gasteiger partial charge in [-0.3, -0.25) is 4.79 Å². The van der Waals surface area contributed by atoms with Crippen LogP contribution in [0, 0.1) is 0 Å². The van der Waals surface area contributed by atoms with Crippen LogP contribution in [-0.2, 0) is 4.79 Å². The van der Waals surface area contributed by atoms with Gasteiger partial charge in [0.15, 0.2) is 18.0 Å². The van der Waals surface area contributed by atoms with E-state index in [9.17, 15) is 9.90 Å². The van der Waals surface area contributed by atoms with E-state index in [1.54, 1.807) is 13.2 Å². The van der Waals surface area contributed by atoms with E-state index in [1.165, 1.54) is 4.90 Å². The van der Waals surface area contributed by atoms with Crippen molar-refractivity contribution in [2.75, 3.05) is 57.9 Å². The van der Waals surface area contributed by atoms with Crippen LogP contribution in [0.3, 0.4) is 0 Å². The highest BCUT2D eigenvalue weighted by Crippen LogP contribution is 2.26. The number of hydrogen-bond donors (Lipinski definition) is 3. The Hall–Kier alpha value is -2.93. The van der Waals surface area contributed by atoms with Gasteiger partial charge in [-0.1, -0.05) is 24.3 Å². The Morgan fingerprint density at radius 1 is 1.11 bits per heavy atom. The zero-order chi connectivity index (χ0) is 19.8. The molecule has 7 heteroatoms. The summed E-state index contributed by atoms with van der Waals surface area (Å²) in [5.41, 5.74) is 0.861. The Balaban J connectivity index is 1.35. The molecule has 7 nitrogen and oxygen atoms in total. The van der Waals surface area contributed by atoms with E-state index in [1.807, 2.05) is 42.5 Å². The quantitative estimate of drug-likeness (QED) is 0.569. The Bertz CT molecular complexity index is 776. The van der Waals surface area contributed by atoms with Crippen LogP contribution >= 0.6 is 0 Å². The van der Waals surface area contributed by atoms with Crippen molar-refractivity contribution in [2.24, 2.45) is 0 Å². The molecule has 0 spiro atoms. The largest absolute Gasteiger partial charge is 0.506 e.